The molecule has 1 saturated heterocycles. The van der Waals surface area contributed by atoms with E-state index in [4.69, 9.17) is 0 Å². The van der Waals surface area contributed by atoms with E-state index in [1.54, 1.807) is 28.6 Å². The molecule has 0 bridgehead atoms. The van der Waals surface area contributed by atoms with E-state index < -0.39 is 0 Å². The maximum atomic E-state index is 12.2. The van der Waals surface area contributed by atoms with Crippen LogP contribution in [0.3, 0.4) is 0 Å². The Balaban J connectivity index is 1.61. The third-order valence-corrected chi connectivity index (χ3v) is 5.30. The molecule has 146 valence electrons. The van der Waals surface area contributed by atoms with E-state index >= 15 is 0 Å². The first-order valence-corrected chi connectivity index (χ1v) is 9.56. The molecular weight excluding hydrogens is 342 g/mol. The third-order valence-electron chi connectivity index (χ3n) is 5.30. The second-order valence-electron chi connectivity index (χ2n) is 8.47. The molecule has 27 heavy (non-hydrogen) atoms. The second-order valence-corrected chi connectivity index (χ2v) is 8.47. The smallest absolute Gasteiger partial charge is 0.266 e. The van der Waals surface area contributed by atoms with Crippen molar-refractivity contribution in [3.8, 4) is 0 Å². The van der Waals surface area contributed by atoms with Crippen LogP contribution in [-0.4, -0.2) is 37.3 Å². The molecule has 3 rings (SSSR count). The summed E-state index contributed by atoms with van der Waals surface area (Å²) in [5, 5.41) is 4.59. The van der Waals surface area contributed by atoms with Crippen LogP contribution < -0.4 is 11.1 Å². The van der Waals surface area contributed by atoms with Crippen molar-refractivity contribution in [1.82, 2.24) is 24.2 Å². The summed E-state index contributed by atoms with van der Waals surface area (Å²) in [6.45, 7) is 9.52. The van der Waals surface area contributed by atoms with E-state index in [0.29, 0.717) is 19.0 Å². The Morgan fingerprint density at radius 2 is 1.78 bits per heavy atom. The van der Waals surface area contributed by atoms with Gasteiger partial charge >= 0.3 is 0 Å². The van der Waals surface area contributed by atoms with E-state index in [2.05, 4.69) is 35.8 Å². The Morgan fingerprint density at radius 3 is 2.44 bits per heavy atom. The maximum Gasteiger partial charge on any atom is 0.266 e. The van der Waals surface area contributed by atoms with Crippen molar-refractivity contribution in [3.63, 3.8) is 0 Å². The summed E-state index contributed by atoms with van der Waals surface area (Å²) in [6, 6.07) is 4.94. The number of hydrogen-bond acceptors (Lipinski definition) is 5. The Morgan fingerprint density at radius 1 is 1.07 bits per heavy atom. The zero-order valence-electron chi connectivity index (χ0n) is 16.7. The number of aromatic nitrogens is 4. The van der Waals surface area contributed by atoms with Crippen molar-refractivity contribution in [2.45, 2.75) is 52.1 Å². The highest BCUT2D eigenvalue weighted by atomic mass is 16.1. The quantitative estimate of drug-likeness (QED) is 0.815. The van der Waals surface area contributed by atoms with Gasteiger partial charge in [0.05, 0.1) is 12.2 Å². The lowest BCUT2D eigenvalue weighted by Gasteiger charge is -2.32. The first-order chi connectivity index (χ1) is 12.7. The van der Waals surface area contributed by atoms with Gasteiger partial charge in [-0.15, -0.1) is 0 Å². The molecule has 0 radical (unpaired) electrons. The van der Waals surface area contributed by atoms with Crippen LogP contribution in [0.25, 0.3) is 0 Å². The van der Waals surface area contributed by atoms with Gasteiger partial charge in [-0.2, -0.15) is 5.10 Å². The highest BCUT2D eigenvalue weighted by Gasteiger charge is 2.22. The van der Waals surface area contributed by atoms with Gasteiger partial charge in [-0.3, -0.25) is 19.1 Å². The van der Waals surface area contributed by atoms with Crippen molar-refractivity contribution in [3.05, 3.63) is 56.6 Å². The van der Waals surface area contributed by atoms with Crippen LogP contribution in [0.15, 0.2) is 34.0 Å². The van der Waals surface area contributed by atoms with Crippen molar-refractivity contribution in [2.24, 2.45) is 13.0 Å². The van der Waals surface area contributed by atoms with Gasteiger partial charge in [0.1, 0.15) is 5.82 Å². The van der Waals surface area contributed by atoms with Crippen LogP contribution in [0.5, 0.6) is 0 Å². The molecule has 3 heterocycles. The van der Waals surface area contributed by atoms with Gasteiger partial charge in [-0.05, 0) is 37.9 Å². The number of hydrogen-bond donors (Lipinski definition) is 0. The van der Waals surface area contributed by atoms with Crippen LogP contribution in [0.2, 0.25) is 0 Å². The topological polar surface area (TPSA) is 73.0 Å². The molecule has 0 unspecified atom stereocenters. The molecule has 1 fully saturated rings. The Hall–Kier alpha value is -2.28. The minimum Gasteiger partial charge on any atom is -0.299 e. The minimum atomic E-state index is -0.0720. The monoisotopic (exact) mass is 371 g/mol. The van der Waals surface area contributed by atoms with E-state index in [-0.39, 0.29) is 16.5 Å². The van der Waals surface area contributed by atoms with Crippen LogP contribution in [-0.2, 0) is 25.6 Å². The van der Waals surface area contributed by atoms with Crippen molar-refractivity contribution >= 4 is 0 Å². The minimum absolute atomic E-state index is 0.0286. The largest absolute Gasteiger partial charge is 0.299 e. The fraction of sp³-hybridized carbons (Fsp3) is 0.600. The van der Waals surface area contributed by atoms with Gasteiger partial charge in [-0.25, -0.2) is 9.67 Å². The van der Waals surface area contributed by atoms with Gasteiger partial charge in [0.2, 0.25) is 0 Å². The van der Waals surface area contributed by atoms with Crippen LogP contribution in [0.1, 0.15) is 45.1 Å². The number of likely N-dealkylation sites (tertiary alicyclic amines) is 1. The van der Waals surface area contributed by atoms with Crippen molar-refractivity contribution < 1.29 is 0 Å². The van der Waals surface area contributed by atoms with Crippen molar-refractivity contribution in [1.29, 1.82) is 0 Å². The molecule has 7 nitrogen and oxygen atoms in total. The summed E-state index contributed by atoms with van der Waals surface area (Å²) < 4.78 is 3.23. The Labute approximate surface area is 159 Å². The lowest BCUT2D eigenvalue weighted by molar-refractivity contribution is 0.158. The van der Waals surface area contributed by atoms with Gasteiger partial charge in [0.15, 0.2) is 0 Å². The summed E-state index contributed by atoms with van der Waals surface area (Å²) in [5.41, 5.74) is 0.806. The average Bonchev–Trinajstić information content (AvgIpc) is 2.61. The highest BCUT2D eigenvalue weighted by molar-refractivity contribution is 5.10. The molecule has 1 aliphatic heterocycles. The predicted molar refractivity (Wildman–Crippen MR) is 105 cm³/mol. The van der Waals surface area contributed by atoms with Gasteiger partial charge in [-0.1, -0.05) is 20.8 Å². The fourth-order valence-corrected chi connectivity index (χ4v) is 3.41. The average molecular weight is 371 g/mol. The molecule has 2 aromatic rings. The molecular formula is C20H29N5O2. The maximum absolute atomic E-state index is 12.2. The first kappa shape index (κ1) is 19.5. The SMILES string of the molecule is Cn1c(CN2CCC(Cn3nc(C(C)(C)C)ccc3=O)CC2)nccc1=O. The Kier molecular flexibility index (Phi) is 5.60. The molecule has 2 aromatic heterocycles. The number of nitrogens with zero attached hydrogens (tertiary/aromatic N) is 5. The lowest BCUT2D eigenvalue weighted by atomic mass is 9.92. The summed E-state index contributed by atoms with van der Waals surface area (Å²) >= 11 is 0. The summed E-state index contributed by atoms with van der Waals surface area (Å²) in [7, 11) is 1.76. The summed E-state index contributed by atoms with van der Waals surface area (Å²) in [5.74, 6) is 1.23. The first-order valence-electron chi connectivity index (χ1n) is 9.56. The van der Waals surface area contributed by atoms with E-state index in [1.165, 1.54) is 6.07 Å². The normalized spacial score (nSPS) is 16.6. The fourth-order valence-electron chi connectivity index (χ4n) is 3.41. The second kappa shape index (κ2) is 7.76. The molecule has 0 N–H and O–H groups in total. The summed E-state index contributed by atoms with van der Waals surface area (Å²) in [6.07, 6.45) is 3.59. The van der Waals surface area contributed by atoms with Crippen LogP contribution >= 0.6 is 0 Å². The molecule has 0 aliphatic carbocycles. The molecule has 0 amide bonds. The predicted octanol–water partition coefficient (Wildman–Crippen LogP) is 1.55. The molecule has 7 heteroatoms. The third kappa shape index (κ3) is 4.71. The number of rotatable bonds is 4. The zero-order valence-corrected chi connectivity index (χ0v) is 16.7. The van der Waals surface area contributed by atoms with Crippen LogP contribution in [0.4, 0.5) is 0 Å². The Bertz CT molecular complexity index is 902. The molecule has 1 aliphatic rings. The van der Waals surface area contributed by atoms with E-state index in [1.807, 2.05) is 6.07 Å². The van der Waals surface area contributed by atoms with Gasteiger partial charge in [0, 0.05) is 37.3 Å². The molecule has 0 aromatic carbocycles. The van der Waals surface area contributed by atoms with Gasteiger partial charge in [0.25, 0.3) is 11.1 Å². The molecule has 0 spiro atoms. The lowest BCUT2D eigenvalue weighted by Crippen LogP contribution is -2.38. The summed E-state index contributed by atoms with van der Waals surface area (Å²) in [4.78, 5) is 30.6. The zero-order chi connectivity index (χ0) is 19.6. The number of piperidine rings is 1. The van der Waals surface area contributed by atoms with Gasteiger partial charge < -0.3 is 0 Å². The molecule has 0 saturated carbocycles. The molecule has 0 atom stereocenters. The standard InChI is InChI=1S/C20H29N5O2/c1-20(2,3)16-5-6-19(27)25(22-16)13-15-8-11-24(12-9-15)14-17-21-10-7-18(26)23(17)4/h5-7,10,15H,8-9,11-14H2,1-4H3. The van der Waals surface area contributed by atoms with E-state index in [9.17, 15) is 9.59 Å². The van der Waals surface area contributed by atoms with E-state index in [0.717, 1.165) is 37.4 Å². The highest BCUT2D eigenvalue weighted by Crippen LogP contribution is 2.21. The van der Waals surface area contributed by atoms with Crippen LogP contribution in [0, 0.1) is 5.92 Å². The van der Waals surface area contributed by atoms with Crippen molar-refractivity contribution in [2.75, 3.05) is 13.1 Å².